The van der Waals surface area contributed by atoms with Gasteiger partial charge in [-0.25, -0.2) is 13.1 Å². The number of rotatable bonds is 6. The molecule has 0 aliphatic carbocycles. The van der Waals surface area contributed by atoms with Gasteiger partial charge in [-0.15, -0.1) is 12.4 Å². The van der Waals surface area contributed by atoms with Crippen LogP contribution in [0, 0.1) is 19.8 Å². The van der Waals surface area contributed by atoms with Crippen molar-refractivity contribution in [2.75, 3.05) is 6.54 Å². The molecule has 1 aromatic rings. The molecule has 0 saturated carbocycles. The van der Waals surface area contributed by atoms with Gasteiger partial charge in [0.2, 0.25) is 10.0 Å². The minimum absolute atomic E-state index is 0. The number of nitrogens with two attached hydrogens (primary N) is 1. The van der Waals surface area contributed by atoms with Crippen molar-refractivity contribution in [3.63, 3.8) is 0 Å². The second-order valence-electron chi connectivity index (χ2n) is 6.24. The molecule has 0 fully saturated rings. The molecule has 1 unspecified atom stereocenters. The Kier molecular flexibility index (Phi) is 7.36. The Morgan fingerprint density at radius 1 is 1.29 bits per heavy atom. The molecular formula is C15H27ClN2O2S. The average Bonchev–Trinajstić information content (AvgIpc) is 2.26. The quantitative estimate of drug-likeness (QED) is 0.840. The Morgan fingerprint density at radius 3 is 2.29 bits per heavy atom. The molecule has 3 N–H and O–H groups in total. The Bertz CT molecular complexity index is 573. The molecule has 0 saturated heterocycles. The maximum absolute atomic E-state index is 12.6. The van der Waals surface area contributed by atoms with Crippen molar-refractivity contribution in [3.05, 3.63) is 29.3 Å². The number of aryl methyl sites for hydroxylation is 2. The topological polar surface area (TPSA) is 72.2 Å². The second-order valence-corrected chi connectivity index (χ2v) is 7.89. The van der Waals surface area contributed by atoms with Crippen LogP contribution < -0.4 is 10.5 Å². The Morgan fingerprint density at radius 2 is 1.86 bits per heavy atom. The van der Waals surface area contributed by atoms with Crippen LogP contribution in [0.15, 0.2) is 23.1 Å². The van der Waals surface area contributed by atoms with E-state index in [0.717, 1.165) is 11.1 Å². The lowest BCUT2D eigenvalue weighted by atomic mass is 9.92. The van der Waals surface area contributed by atoms with E-state index in [0.29, 0.717) is 17.2 Å². The number of hydrogen-bond acceptors (Lipinski definition) is 3. The van der Waals surface area contributed by atoms with E-state index in [1.54, 1.807) is 6.07 Å². The van der Waals surface area contributed by atoms with E-state index in [4.69, 9.17) is 5.73 Å². The maximum atomic E-state index is 12.6. The smallest absolute Gasteiger partial charge is 0.241 e. The van der Waals surface area contributed by atoms with Crippen molar-refractivity contribution >= 4 is 22.4 Å². The molecule has 0 spiro atoms. The third kappa shape index (κ3) is 5.58. The minimum Gasteiger partial charge on any atom is -0.329 e. The molecule has 1 aromatic carbocycles. The van der Waals surface area contributed by atoms with Crippen LogP contribution in [0.1, 0.15) is 38.3 Å². The summed E-state index contributed by atoms with van der Waals surface area (Å²) in [6.07, 6.45) is 0.702. The van der Waals surface area contributed by atoms with Gasteiger partial charge in [0.05, 0.1) is 4.90 Å². The third-order valence-electron chi connectivity index (χ3n) is 3.31. The van der Waals surface area contributed by atoms with E-state index in [-0.39, 0.29) is 19.0 Å². The number of nitrogens with one attached hydrogen (secondary N) is 1. The molecule has 0 aliphatic heterocycles. The minimum atomic E-state index is -3.55. The van der Waals surface area contributed by atoms with Gasteiger partial charge in [-0.1, -0.05) is 31.5 Å². The zero-order valence-corrected chi connectivity index (χ0v) is 15.1. The lowest BCUT2D eigenvalue weighted by Gasteiger charge is -2.31. The first-order valence-electron chi connectivity index (χ1n) is 6.91. The molecule has 4 nitrogen and oxygen atoms in total. The third-order valence-corrected chi connectivity index (χ3v) is 5.11. The van der Waals surface area contributed by atoms with E-state index in [1.165, 1.54) is 0 Å². The van der Waals surface area contributed by atoms with Crippen LogP contribution in [0.3, 0.4) is 0 Å². The van der Waals surface area contributed by atoms with Crippen LogP contribution in [-0.4, -0.2) is 20.5 Å². The molecule has 0 heterocycles. The fourth-order valence-electron chi connectivity index (χ4n) is 2.55. The van der Waals surface area contributed by atoms with Crippen LogP contribution in [0.2, 0.25) is 0 Å². The fraction of sp³-hybridized carbons (Fsp3) is 0.600. The molecule has 1 atom stereocenters. The summed E-state index contributed by atoms with van der Waals surface area (Å²) in [6, 6.07) is 5.33. The fourth-order valence-corrected chi connectivity index (χ4v) is 4.20. The van der Waals surface area contributed by atoms with Crippen molar-refractivity contribution in [1.82, 2.24) is 4.72 Å². The standard InChI is InChI=1S/C15H26N2O2S.ClH/c1-11(2)9-15(5,10-16)17-20(18,19)14-7-6-12(3)8-13(14)4;/h6-8,11,17H,9-10,16H2,1-5H3;1H. The SMILES string of the molecule is Cc1ccc(S(=O)(=O)NC(C)(CN)CC(C)C)c(C)c1.Cl. The van der Waals surface area contributed by atoms with E-state index in [1.807, 2.05) is 32.9 Å². The lowest BCUT2D eigenvalue weighted by molar-refractivity contribution is 0.344. The maximum Gasteiger partial charge on any atom is 0.241 e. The molecule has 0 bridgehead atoms. The van der Waals surface area contributed by atoms with Crippen LogP contribution in [-0.2, 0) is 10.0 Å². The number of sulfonamides is 1. The number of benzene rings is 1. The predicted octanol–water partition coefficient (Wildman–Crippen LogP) is 2.77. The Hall–Kier alpha value is -0.620. The molecule has 0 amide bonds. The summed E-state index contributed by atoms with van der Waals surface area (Å²) in [5.74, 6) is 0.366. The van der Waals surface area contributed by atoms with Crippen LogP contribution in [0.5, 0.6) is 0 Å². The Labute approximate surface area is 135 Å². The first kappa shape index (κ1) is 20.4. The zero-order valence-electron chi connectivity index (χ0n) is 13.4. The van der Waals surface area contributed by atoms with Crippen LogP contribution in [0.4, 0.5) is 0 Å². The summed E-state index contributed by atoms with van der Waals surface area (Å²) < 4.78 is 27.9. The van der Waals surface area contributed by atoms with Crippen molar-refractivity contribution < 1.29 is 8.42 Å². The highest BCUT2D eigenvalue weighted by molar-refractivity contribution is 7.89. The first-order chi connectivity index (χ1) is 9.09. The average molecular weight is 335 g/mol. The van der Waals surface area contributed by atoms with E-state index < -0.39 is 15.6 Å². The molecule has 0 aromatic heterocycles. The molecule has 122 valence electrons. The molecule has 0 aliphatic rings. The van der Waals surface area contributed by atoms with Crippen molar-refractivity contribution in [2.45, 2.75) is 51.5 Å². The van der Waals surface area contributed by atoms with Crippen LogP contribution >= 0.6 is 12.4 Å². The molecule has 0 radical (unpaired) electrons. The molecule has 21 heavy (non-hydrogen) atoms. The van der Waals surface area contributed by atoms with E-state index in [9.17, 15) is 8.42 Å². The van der Waals surface area contributed by atoms with Gasteiger partial charge in [-0.2, -0.15) is 0 Å². The van der Waals surface area contributed by atoms with Gasteiger partial charge >= 0.3 is 0 Å². The van der Waals surface area contributed by atoms with Gasteiger partial charge in [0, 0.05) is 12.1 Å². The van der Waals surface area contributed by atoms with Gasteiger partial charge in [0.25, 0.3) is 0 Å². The highest BCUT2D eigenvalue weighted by Gasteiger charge is 2.30. The van der Waals surface area contributed by atoms with Gasteiger partial charge in [0.1, 0.15) is 0 Å². The summed E-state index contributed by atoms with van der Waals surface area (Å²) in [5, 5.41) is 0. The molecule has 6 heteroatoms. The summed E-state index contributed by atoms with van der Waals surface area (Å²) in [6.45, 7) is 9.99. The highest BCUT2D eigenvalue weighted by atomic mass is 35.5. The van der Waals surface area contributed by atoms with Crippen molar-refractivity contribution in [1.29, 1.82) is 0 Å². The first-order valence-corrected chi connectivity index (χ1v) is 8.39. The Balaban J connectivity index is 0.00000400. The predicted molar refractivity (Wildman–Crippen MR) is 90.4 cm³/mol. The van der Waals surface area contributed by atoms with Crippen molar-refractivity contribution in [3.8, 4) is 0 Å². The number of halogens is 1. The summed E-state index contributed by atoms with van der Waals surface area (Å²) in [4.78, 5) is 0.325. The molecular weight excluding hydrogens is 308 g/mol. The molecule has 1 rings (SSSR count). The van der Waals surface area contributed by atoms with Gasteiger partial charge in [0.15, 0.2) is 0 Å². The zero-order chi connectivity index (χ0) is 15.6. The van der Waals surface area contributed by atoms with Crippen LogP contribution in [0.25, 0.3) is 0 Å². The van der Waals surface area contributed by atoms with Gasteiger partial charge < -0.3 is 5.73 Å². The largest absolute Gasteiger partial charge is 0.329 e. The van der Waals surface area contributed by atoms with Gasteiger partial charge in [-0.3, -0.25) is 0 Å². The number of hydrogen-bond donors (Lipinski definition) is 2. The van der Waals surface area contributed by atoms with E-state index >= 15 is 0 Å². The summed E-state index contributed by atoms with van der Waals surface area (Å²) >= 11 is 0. The lowest BCUT2D eigenvalue weighted by Crippen LogP contribution is -2.52. The second kappa shape index (κ2) is 7.58. The van der Waals surface area contributed by atoms with Gasteiger partial charge in [-0.05, 0) is 44.7 Å². The monoisotopic (exact) mass is 334 g/mol. The highest BCUT2D eigenvalue weighted by Crippen LogP contribution is 2.22. The normalized spacial score (nSPS) is 14.6. The summed E-state index contributed by atoms with van der Waals surface area (Å²) in [5.41, 5.74) is 6.95. The summed E-state index contributed by atoms with van der Waals surface area (Å²) in [7, 11) is -3.55. The van der Waals surface area contributed by atoms with Crippen molar-refractivity contribution in [2.24, 2.45) is 11.7 Å². The van der Waals surface area contributed by atoms with E-state index in [2.05, 4.69) is 18.6 Å².